The lowest BCUT2D eigenvalue weighted by atomic mass is 10.00. The average molecular weight is 294 g/mol. The average Bonchev–Trinajstić information content (AvgIpc) is 2.35. The van der Waals surface area contributed by atoms with E-state index in [0.717, 1.165) is 18.2 Å². The summed E-state index contributed by atoms with van der Waals surface area (Å²) in [5, 5.41) is 27.9. The van der Waals surface area contributed by atoms with Crippen molar-refractivity contribution in [2.24, 2.45) is 0 Å². The third-order valence-corrected chi connectivity index (χ3v) is 2.45. The van der Waals surface area contributed by atoms with Gasteiger partial charge in [-0.2, -0.15) is 0 Å². The molecule has 0 bridgehead atoms. The number of alkyl halides is 3. The van der Waals surface area contributed by atoms with E-state index in [1.807, 2.05) is 0 Å². The Morgan fingerprint density at radius 3 is 2.40 bits per heavy atom. The zero-order valence-corrected chi connectivity index (χ0v) is 10.2. The molecule has 5 nitrogen and oxygen atoms in total. The van der Waals surface area contributed by atoms with Crippen molar-refractivity contribution in [1.82, 2.24) is 0 Å². The Kier molecular flexibility index (Phi) is 5.49. The lowest BCUT2D eigenvalue weighted by Crippen LogP contribution is -2.21. The fourth-order valence-corrected chi connectivity index (χ4v) is 1.59. The minimum Gasteiger partial charge on any atom is -0.406 e. The SMILES string of the molecule is O=Cc1cc(OC(F)(F)F)cc(C(O)C(O)CCO)c1. The van der Waals surface area contributed by atoms with Crippen molar-refractivity contribution in [2.45, 2.75) is 25.0 Å². The van der Waals surface area contributed by atoms with Crippen molar-refractivity contribution in [3.63, 3.8) is 0 Å². The standard InChI is InChI=1S/C12H13F3O5/c13-12(14,15)20-9-4-7(6-17)3-8(5-9)11(19)10(18)1-2-16/h3-6,10-11,16,18-19H,1-2H2. The van der Waals surface area contributed by atoms with E-state index in [1.54, 1.807) is 0 Å². The monoisotopic (exact) mass is 294 g/mol. The zero-order chi connectivity index (χ0) is 15.3. The molecule has 2 unspecified atom stereocenters. The Bertz CT molecular complexity index is 461. The van der Waals surface area contributed by atoms with Crippen LogP contribution in [0.2, 0.25) is 0 Å². The van der Waals surface area contributed by atoms with E-state index in [1.165, 1.54) is 0 Å². The lowest BCUT2D eigenvalue weighted by Gasteiger charge is -2.19. The minimum atomic E-state index is -4.94. The van der Waals surface area contributed by atoms with Gasteiger partial charge in [0.2, 0.25) is 0 Å². The minimum absolute atomic E-state index is 0.116. The van der Waals surface area contributed by atoms with E-state index in [0.29, 0.717) is 0 Å². The van der Waals surface area contributed by atoms with Crippen molar-refractivity contribution in [1.29, 1.82) is 0 Å². The fourth-order valence-electron chi connectivity index (χ4n) is 1.59. The molecule has 0 aliphatic rings. The van der Waals surface area contributed by atoms with Gasteiger partial charge >= 0.3 is 6.36 Å². The van der Waals surface area contributed by atoms with Gasteiger partial charge in [0.05, 0.1) is 6.10 Å². The molecular formula is C12H13F3O5. The van der Waals surface area contributed by atoms with E-state index in [-0.39, 0.29) is 23.8 Å². The van der Waals surface area contributed by atoms with Gasteiger partial charge in [0.25, 0.3) is 0 Å². The normalized spacial score (nSPS) is 14.7. The van der Waals surface area contributed by atoms with Crippen LogP contribution < -0.4 is 4.74 Å². The van der Waals surface area contributed by atoms with Crippen LogP contribution in [-0.2, 0) is 0 Å². The molecule has 2 atom stereocenters. The van der Waals surface area contributed by atoms with Gasteiger partial charge in [-0.3, -0.25) is 4.79 Å². The number of carbonyl (C=O) groups excluding carboxylic acids is 1. The first-order valence-electron chi connectivity index (χ1n) is 5.59. The summed E-state index contributed by atoms with van der Waals surface area (Å²) in [6.45, 7) is -0.405. The molecule has 1 rings (SSSR count). The molecule has 0 spiro atoms. The van der Waals surface area contributed by atoms with Gasteiger partial charge < -0.3 is 20.1 Å². The Labute approximate surface area is 112 Å². The van der Waals surface area contributed by atoms with Crippen molar-refractivity contribution in [3.8, 4) is 5.75 Å². The summed E-state index contributed by atoms with van der Waals surface area (Å²) in [5.41, 5.74) is -0.258. The van der Waals surface area contributed by atoms with Crippen molar-refractivity contribution in [3.05, 3.63) is 29.3 Å². The van der Waals surface area contributed by atoms with E-state index < -0.39 is 30.9 Å². The van der Waals surface area contributed by atoms with Crippen LogP contribution in [0.15, 0.2) is 18.2 Å². The molecule has 20 heavy (non-hydrogen) atoms. The third-order valence-electron chi connectivity index (χ3n) is 2.45. The Balaban J connectivity index is 3.07. The maximum Gasteiger partial charge on any atom is 0.573 e. The molecule has 0 aromatic heterocycles. The maximum atomic E-state index is 12.1. The number of benzene rings is 1. The molecule has 0 fully saturated rings. The van der Waals surface area contributed by atoms with Crippen molar-refractivity contribution in [2.75, 3.05) is 6.61 Å². The predicted octanol–water partition coefficient (Wildman–Crippen LogP) is 1.17. The van der Waals surface area contributed by atoms with Gasteiger partial charge in [-0.05, 0) is 30.2 Å². The molecule has 0 aliphatic heterocycles. The number of hydrogen-bond acceptors (Lipinski definition) is 5. The first-order chi connectivity index (χ1) is 9.26. The quantitative estimate of drug-likeness (QED) is 0.686. The summed E-state index contributed by atoms with van der Waals surface area (Å²) < 4.78 is 40.1. The molecule has 1 aromatic carbocycles. The molecule has 0 heterocycles. The summed E-state index contributed by atoms with van der Waals surface area (Å²) in [5.74, 6) is -0.674. The van der Waals surface area contributed by atoms with Crippen LogP contribution in [-0.4, -0.2) is 40.7 Å². The van der Waals surface area contributed by atoms with E-state index >= 15 is 0 Å². The van der Waals surface area contributed by atoms with Crippen molar-refractivity contribution < 1.29 is 38.0 Å². The highest BCUT2D eigenvalue weighted by molar-refractivity contribution is 5.76. The number of halogens is 3. The van der Waals surface area contributed by atoms with Gasteiger partial charge in [-0.1, -0.05) is 0 Å². The van der Waals surface area contributed by atoms with Crippen LogP contribution in [0.25, 0.3) is 0 Å². The second-order valence-electron chi connectivity index (χ2n) is 4.03. The predicted molar refractivity (Wildman–Crippen MR) is 61.2 cm³/mol. The van der Waals surface area contributed by atoms with E-state index in [4.69, 9.17) is 5.11 Å². The topological polar surface area (TPSA) is 87.0 Å². The van der Waals surface area contributed by atoms with Crippen LogP contribution in [0.4, 0.5) is 13.2 Å². The molecule has 0 saturated heterocycles. The number of carbonyl (C=O) groups is 1. The Hall–Kier alpha value is -1.64. The van der Waals surface area contributed by atoms with Gasteiger partial charge in [0, 0.05) is 12.2 Å². The highest BCUT2D eigenvalue weighted by Crippen LogP contribution is 2.28. The number of hydrogen-bond donors (Lipinski definition) is 3. The van der Waals surface area contributed by atoms with Gasteiger partial charge in [-0.25, -0.2) is 0 Å². The number of ether oxygens (including phenoxy) is 1. The number of aldehydes is 1. The maximum absolute atomic E-state index is 12.1. The second kappa shape index (κ2) is 6.69. The summed E-state index contributed by atoms with van der Waals surface area (Å²) in [4.78, 5) is 10.7. The molecule has 3 N–H and O–H groups in total. The molecule has 0 amide bonds. The van der Waals surface area contributed by atoms with Crippen LogP contribution in [0, 0.1) is 0 Å². The molecule has 0 saturated carbocycles. The molecule has 1 aromatic rings. The zero-order valence-electron chi connectivity index (χ0n) is 10.2. The summed E-state index contributed by atoms with van der Waals surface area (Å²) >= 11 is 0. The van der Waals surface area contributed by atoms with Gasteiger partial charge in [-0.15, -0.1) is 13.2 Å². The highest BCUT2D eigenvalue weighted by Gasteiger charge is 2.31. The Morgan fingerprint density at radius 1 is 1.25 bits per heavy atom. The first-order valence-corrected chi connectivity index (χ1v) is 5.59. The first kappa shape index (κ1) is 16.4. The summed E-state index contributed by atoms with van der Waals surface area (Å²) in [6, 6.07) is 2.85. The number of aliphatic hydroxyl groups excluding tert-OH is 3. The summed E-state index contributed by atoms with van der Waals surface area (Å²) in [6.07, 6.45) is -7.73. The molecular weight excluding hydrogens is 281 g/mol. The molecule has 0 radical (unpaired) electrons. The second-order valence-corrected chi connectivity index (χ2v) is 4.03. The van der Waals surface area contributed by atoms with E-state index in [9.17, 15) is 28.2 Å². The van der Waals surface area contributed by atoms with Crippen LogP contribution in [0.5, 0.6) is 5.75 Å². The van der Waals surface area contributed by atoms with E-state index in [2.05, 4.69) is 4.74 Å². The molecule has 8 heteroatoms. The van der Waals surface area contributed by atoms with Crippen LogP contribution >= 0.6 is 0 Å². The number of aliphatic hydroxyl groups is 3. The molecule has 0 aliphatic carbocycles. The fraction of sp³-hybridized carbons (Fsp3) is 0.417. The van der Waals surface area contributed by atoms with Gasteiger partial charge in [0.15, 0.2) is 0 Å². The third kappa shape index (κ3) is 4.80. The van der Waals surface area contributed by atoms with Crippen LogP contribution in [0.1, 0.15) is 28.4 Å². The highest BCUT2D eigenvalue weighted by atomic mass is 19.4. The van der Waals surface area contributed by atoms with Crippen LogP contribution in [0.3, 0.4) is 0 Å². The Morgan fingerprint density at radius 2 is 1.90 bits per heavy atom. The van der Waals surface area contributed by atoms with Gasteiger partial charge in [0.1, 0.15) is 18.1 Å². The summed E-state index contributed by atoms with van der Waals surface area (Å²) in [7, 11) is 0. The lowest BCUT2D eigenvalue weighted by molar-refractivity contribution is -0.274. The smallest absolute Gasteiger partial charge is 0.406 e. The number of rotatable bonds is 6. The largest absolute Gasteiger partial charge is 0.573 e. The molecule has 112 valence electrons. The van der Waals surface area contributed by atoms with Crippen molar-refractivity contribution >= 4 is 6.29 Å².